The lowest BCUT2D eigenvalue weighted by molar-refractivity contribution is 0.271. The summed E-state index contributed by atoms with van der Waals surface area (Å²) in [6.07, 6.45) is 1.76. The Morgan fingerprint density at radius 2 is 2.33 bits per heavy atom. The molecule has 0 aliphatic carbocycles. The number of ether oxygens (including phenoxy) is 1. The number of rotatable bonds is 2. The van der Waals surface area contributed by atoms with Gasteiger partial charge in [-0.25, -0.2) is 0 Å². The van der Waals surface area contributed by atoms with Crippen molar-refractivity contribution in [2.75, 3.05) is 7.11 Å². The molecular weight excluding hydrogens is 174 g/mol. The number of aromatic nitrogens is 1. The van der Waals surface area contributed by atoms with Gasteiger partial charge in [-0.1, -0.05) is 12.2 Å². The third-order valence-electron chi connectivity index (χ3n) is 1.69. The third kappa shape index (κ3) is 1.65. The van der Waals surface area contributed by atoms with E-state index in [1.165, 1.54) is 0 Å². The zero-order valence-electron chi connectivity index (χ0n) is 7.07. The first-order valence-electron chi connectivity index (χ1n) is 3.53. The minimum atomic E-state index is -0.00979. The van der Waals surface area contributed by atoms with Crippen molar-refractivity contribution in [2.24, 2.45) is 7.05 Å². The lowest BCUT2D eigenvalue weighted by atomic mass is 10.3. The molecule has 0 atom stereocenters. The molecule has 0 aliphatic rings. The summed E-state index contributed by atoms with van der Waals surface area (Å²) in [5.41, 5.74) is 0.779. The molecule has 1 heterocycles. The summed E-state index contributed by atoms with van der Waals surface area (Å²) in [7, 11) is 3.41. The molecule has 3 nitrogen and oxygen atoms in total. The molecule has 1 rings (SSSR count). The van der Waals surface area contributed by atoms with E-state index in [1.807, 2.05) is 7.05 Å². The van der Waals surface area contributed by atoms with Gasteiger partial charge in [-0.05, 0) is 6.07 Å². The largest absolute Gasteiger partial charge is 0.494 e. The average Bonchev–Trinajstić information content (AvgIpc) is 2.08. The second kappa shape index (κ2) is 3.69. The van der Waals surface area contributed by atoms with Crippen LogP contribution in [-0.4, -0.2) is 16.8 Å². The molecule has 4 heteroatoms. The van der Waals surface area contributed by atoms with Crippen LogP contribution in [0.4, 0.5) is 0 Å². The van der Waals surface area contributed by atoms with E-state index in [1.54, 1.807) is 23.9 Å². The number of aliphatic hydroxyl groups is 1. The van der Waals surface area contributed by atoms with Gasteiger partial charge in [0.1, 0.15) is 0 Å². The monoisotopic (exact) mass is 185 g/mol. The van der Waals surface area contributed by atoms with Crippen LogP contribution in [-0.2, 0) is 13.7 Å². The van der Waals surface area contributed by atoms with Crippen molar-refractivity contribution in [3.63, 3.8) is 0 Å². The van der Waals surface area contributed by atoms with E-state index in [-0.39, 0.29) is 6.61 Å². The third-order valence-corrected chi connectivity index (χ3v) is 2.01. The van der Waals surface area contributed by atoms with Gasteiger partial charge in [0, 0.05) is 18.9 Å². The summed E-state index contributed by atoms with van der Waals surface area (Å²) in [5.74, 6) is 0.657. The molecule has 0 saturated heterocycles. The van der Waals surface area contributed by atoms with Gasteiger partial charge in [0.25, 0.3) is 0 Å². The normalized spacial score (nSPS) is 9.92. The van der Waals surface area contributed by atoms with Gasteiger partial charge in [-0.3, -0.25) is 0 Å². The van der Waals surface area contributed by atoms with E-state index in [9.17, 15) is 0 Å². The zero-order chi connectivity index (χ0) is 9.14. The maximum absolute atomic E-state index is 8.90. The van der Waals surface area contributed by atoms with Crippen molar-refractivity contribution in [2.45, 2.75) is 6.61 Å². The number of hydrogen-bond acceptors (Lipinski definition) is 3. The first-order valence-corrected chi connectivity index (χ1v) is 3.94. The Bertz CT molecular complexity index is 332. The fraction of sp³-hybridized carbons (Fsp3) is 0.375. The van der Waals surface area contributed by atoms with Crippen LogP contribution in [0.5, 0.6) is 5.75 Å². The van der Waals surface area contributed by atoms with E-state index in [0.717, 1.165) is 5.69 Å². The number of methoxy groups -OCH3 is 1. The molecule has 66 valence electrons. The molecule has 0 aromatic carbocycles. The molecule has 0 fully saturated rings. The molecule has 0 saturated carbocycles. The fourth-order valence-electron chi connectivity index (χ4n) is 0.957. The van der Waals surface area contributed by atoms with Crippen molar-refractivity contribution in [1.82, 2.24) is 4.57 Å². The Kier molecular flexibility index (Phi) is 2.83. The Balaban J connectivity index is 3.26. The van der Waals surface area contributed by atoms with Crippen LogP contribution in [0.2, 0.25) is 0 Å². The van der Waals surface area contributed by atoms with Crippen LogP contribution in [0.3, 0.4) is 0 Å². The highest BCUT2D eigenvalue weighted by atomic mass is 32.1. The van der Waals surface area contributed by atoms with Gasteiger partial charge in [-0.15, -0.1) is 0 Å². The SMILES string of the molecule is COc1cn(C)c(CO)cc1=S. The molecule has 0 radical (unpaired) electrons. The van der Waals surface area contributed by atoms with Crippen molar-refractivity contribution < 1.29 is 9.84 Å². The van der Waals surface area contributed by atoms with Gasteiger partial charge in [-0.2, -0.15) is 0 Å². The van der Waals surface area contributed by atoms with Crippen molar-refractivity contribution >= 4 is 12.2 Å². The number of nitrogens with zero attached hydrogens (tertiary/aromatic N) is 1. The first kappa shape index (κ1) is 9.22. The number of pyridine rings is 1. The summed E-state index contributed by atoms with van der Waals surface area (Å²) >= 11 is 5.02. The predicted molar refractivity (Wildman–Crippen MR) is 48.7 cm³/mol. The molecule has 0 bridgehead atoms. The average molecular weight is 185 g/mol. The van der Waals surface area contributed by atoms with Crippen LogP contribution in [0.25, 0.3) is 0 Å². The zero-order valence-corrected chi connectivity index (χ0v) is 7.89. The topological polar surface area (TPSA) is 34.4 Å². The predicted octanol–water partition coefficient (Wildman–Crippen LogP) is 1.26. The number of aliphatic hydroxyl groups excluding tert-OH is 1. The molecule has 1 aromatic heterocycles. The summed E-state index contributed by atoms with van der Waals surface area (Å²) in [6.45, 7) is -0.00979. The van der Waals surface area contributed by atoms with Gasteiger partial charge >= 0.3 is 0 Å². The molecule has 0 spiro atoms. The number of hydrogen-bond donors (Lipinski definition) is 1. The van der Waals surface area contributed by atoms with E-state index in [2.05, 4.69) is 0 Å². The fourth-order valence-corrected chi connectivity index (χ4v) is 1.23. The lowest BCUT2D eigenvalue weighted by Crippen LogP contribution is -2.01. The molecule has 0 aliphatic heterocycles. The summed E-state index contributed by atoms with van der Waals surface area (Å²) < 4.78 is 7.43. The van der Waals surface area contributed by atoms with E-state index < -0.39 is 0 Å². The quantitative estimate of drug-likeness (QED) is 0.704. The summed E-state index contributed by atoms with van der Waals surface area (Å²) in [5, 5.41) is 8.90. The summed E-state index contributed by atoms with van der Waals surface area (Å²) in [4.78, 5) is 0. The molecule has 12 heavy (non-hydrogen) atoms. The van der Waals surface area contributed by atoms with Crippen molar-refractivity contribution in [3.8, 4) is 5.75 Å². The highest BCUT2D eigenvalue weighted by Crippen LogP contribution is 2.14. The lowest BCUT2D eigenvalue weighted by Gasteiger charge is -2.08. The Morgan fingerprint density at radius 1 is 1.67 bits per heavy atom. The highest BCUT2D eigenvalue weighted by molar-refractivity contribution is 7.71. The van der Waals surface area contributed by atoms with E-state index in [0.29, 0.717) is 10.3 Å². The van der Waals surface area contributed by atoms with Crippen molar-refractivity contribution in [1.29, 1.82) is 0 Å². The Morgan fingerprint density at radius 3 is 2.83 bits per heavy atom. The highest BCUT2D eigenvalue weighted by Gasteiger charge is 1.99. The van der Waals surface area contributed by atoms with Gasteiger partial charge in [0.15, 0.2) is 5.75 Å². The smallest absolute Gasteiger partial charge is 0.153 e. The van der Waals surface area contributed by atoms with Crippen LogP contribution in [0.1, 0.15) is 5.69 Å². The second-order valence-corrected chi connectivity index (χ2v) is 2.91. The molecule has 0 unspecified atom stereocenters. The minimum Gasteiger partial charge on any atom is -0.494 e. The Labute approximate surface area is 76.2 Å². The van der Waals surface area contributed by atoms with Gasteiger partial charge < -0.3 is 14.4 Å². The maximum Gasteiger partial charge on any atom is 0.153 e. The van der Waals surface area contributed by atoms with Crippen LogP contribution >= 0.6 is 12.2 Å². The first-order chi connectivity index (χ1) is 5.69. The van der Waals surface area contributed by atoms with Gasteiger partial charge in [0.05, 0.1) is 18.2 Å². The van der Waals surface area contributed by atoms with Crippen LogP contribution < -0.4 is 4.74 Å². The van der Waals surface area contributed by atoms with Crippen LogP contribution in [0.15, 0.2) is 12.3 Å². The van der Waals surface area contributed by atoms with E-state index in [4.69, 9.17) is 22.1 Å². The standard InChI is InChI=1S/C8H11NO2S/c1-9-4-7(11-2)8(12)3-6(9)5-10/h3-4,10H,5H2,1-2H3. The summed E-state index contributed by atoms with van der Waals surface area (Å²) in [6, 6.07) is 1.73. The molecule has 0 amide bonds. The van der Waals surface area contributed by atoms with Gasteiger partial charge in [0.2, 0.25) is 0 Å². The molecule has 1 aromatic rings. The maximum atomic E-state index is 8.90. The minimum absolute atomic E-state index is 0.00979. The second-order valence-electron chi connectivity index (χ2n) is 2.47. The Hall–Kier alpha value is -0.870. The number of aryl methyl sites for hydroxylation is 1. The van der Waals surface area contributed by atoms with E-state index >= 15 is 0 Å². The molecule has 1 N–H and O–H groups in total. The van der Waals surface area contributed by atoms with Crippen LogP contribution in [0, 0.1) is 4.51 Å². The van der Waals surface area contributed by atoms with Crippen molar-refractivity contribution in [3.05, 3.63) is 22.5 Å². The molecular formula is C8H11NO2S.